The van der Waals surface area contributed by atoms with Crippen molar-refractivity contribution >= 4 is 12.0 Å². The summed E-state index contributed by atoms with van der Waals surface area (Å²) in [6.45, 7) is 3.40. The normalized spacial score (nSPS) is 19.3. The number of carboxylic acids is 1. The van der Waals surface area contributed by atoms with Gasteiger partial charge in [-0.3, -0.25) is 0 Å². The molecule has 114 valence electrons. The third-order valence-electron chi connectivity index (χ3n) is 3.68. The molecule has 21 heavy (non-hydrogen) atoms. The van der Waals surface area contributed by atoms with Crippen molar-refractivity contribution in [3.63, 3.8) is 0 Å². The van der Waals surface area contributed by atoms with Crippen LogP contribution in [0.15, 0.2) is 24.3 Å². The van der Waals surface area contributed by atoms with E-state index in [9.17, 15) is 19.8 Å². The van der Waals surface area contributed by atoms with E-state index >= 15 is 0 Å². The van der Waals surface area contributed by atoms with Gasteiger partial charge in [0.15, 0.2) is 0 Å². The van der Waals surface area contributed by atoms with E-state index in [1.54, 1.807) is 17.0 Å². The van der Waals surface area contributed by atoms with Crippen molar-refractivity contribution < 1.29 is 19.8 Å². The topological polar surface area (TPSA) is 89.9 Å². The van der Waals surface area contributed by atoms with Crippen LogP contribution in [0, 0.1) is 5.92 Å². The number of phenolic OH excluding ortho intramolecular Hbond substituents is 1. The first-order valence-corrected chi connectivity index (χ1v) is 7.02. The first-order valence-electron chi connectivity index (χ1n) is 7.02. The number of carbonyl (C=O) groups is 2. The maximum absolute atomic E-state index is 12.1. The molecule has 1 aromatic carbocycles. The molecule has 1 aliphatic heterocycles. The molecule has 1 aromatic rings. The van der Waals surface area contributed by atoms with Crippen LogP contribution in [0.1, 0.15) is 18.9 Å². The Hall–Kier alpha value is -2.24. The fourth-order valence-electron chi connectivity index (χ4n) is 2.43. The number of likely N-dealkylation sites (tertiary alicyclic amines) is 1. The fourth-order valence-corrected chi connectivity index (χ4v) is 2.43. The van der Waals surface area contributed by atoms with Crippen molar-refractivity contribution in [3.05, 3.63) is 29.8 Å². The third kappa shape index (κ3) is 4.11. The lowest BCUT2D eigenvalue weighted by molar-refractivity contribution is -0.139. The first-order chi connectivity index (χ1) is 9.95. The van der Waals surface area contributed by atoms with Crippen molar-refractivity contribution in [2.45, 2.75) is 25.8 Å². The van der Waals surface area contributed by atoms with Gasteiger partial charge in [-0.2, -0.15) is 0 Å². The second-order valence-electron chi connectivity index (χ2n) is 5.55. The van der Waals surface area contributed by atoms with E-state index in [2.05, 4.69) is 12.2 Å². The number of nitrogens with one attached hydrogen (secondary N) is 1. The fraction of sp³-hybridized carbons (Fsp3) is 0.467. The zero-order valence-corrected chi connectivity index (χ0v) is 12.0. The molecule has 1 fully saturated rings. The molecule has 0 saturated carbocycles. The summed E-state index contributed by atoms with van der Waals surface area (Å²) in [4.78, 5) is 25.0. The minimum Gasteiger partial charge on any atom is -0.508 e. The Morgan fingerprint density at radius 3 is 2.57 bits per heavy atom. The van der Waals surface area contributed by atoms with Crippen LogP contribution in [0.5, 0.6) is 5.75 Å². The molecule has 0 aromatic heterocycles. The van der Waals surface area contributed by atoms with Crippen LogP contribution in [0.2, 0.25) is 0 Å². The standard InChI is InChI=1S/C15H20N2O4/c1-10-6-7-17(9-10)15(21)16-13(14(19)20)8-11-2-4-12(18)5-3-11/h2-5,10,13,18H,6-9H2,1H3,(H,16,21)(H,19,20)/t10?,13-/m0/s1. The van der Waals surface area contributed by atoms with Gasteiger partial charge < -0.3 is 20.4 Å². The molecule has 1 aliphatic rings. The molecule has 0 bridgehead atoms. The Morgan fingerprint density at radius 2 is 2.05 bits per heavy atom. The number of aromatic hydroxyl groups is 1. The van der Waals surface area contributed by atoms with Gasteiger partial charge in [-0.05, 0) is 30.0 Å². The largest absolute Gasteiger partial charge is 0.508 e. The maximum Gasteiger partial charge on any atom is 0.326 e. The summed E-state index contributed by atoms with van der Waals surface area (Å²) in [5.41, 5.74) is 0.746. The molecule has 6 heteroatoms. The van der Waals surface area contributed by atoms with E-state index in [-0.39, 0.29) is 18.2 Å². The first kappa shape index (κ1) is 15.2. The summed E-state index contributed by atoms with van der Waals surface area (Å²) in [7, 11) is 0. The number of carboxylic acid groups (broad SMARTS) is 1. The average Bonchev–Trinajstić information content (AvgIpc) is 2.87. The molecule has 2 atom stereocenters. The Morgan fingerprint density at radius 1 is 1.38 bits per heavy atom. The molecule has 2 amide bonds. The van der Waals surface area contributed by atoms with Crippen LogP contribution >= 0.6 is 0 Å². The number of nitrogens with zero attached hydrogens (tertiary/aromatic N) is 1. The number of aliphatic carboxylic acids is 1. The van der Waals surface area contributed by atoms with E-state index in [1.165, 1.54) is 12.1 Å². The van der Waals surface area contributed by atoms with E-state index < -0.39 is 12.0 Å². The Balaban J connectivity index is 1.97. The lowest BCUT2D eigenvalue weighted by Gasteiger charge is -2.21. The van der Waals surface area contributed by atoms with Gasteiger partial charge in [0.1, 0.15) is 11.8 Å². The average molecular weight is 292 g/mol. The molecule has 1 saturated heterocycles. The molecule has 0 radical (unpaired) electrons. The van der Waals surface area contributed by atoms with Crippen molar-refractivity contribution in [3.8, 4) is 5.75 Å². The molecule has 0 spiro atoms. The molecule has 3 N–H and O–H groups in total. The van der Waals surface area contributed by atoms with Crippen LogP contribution in [0.4, 0.5) is 4.79 Å². The van der Waals surface area contributed by atoms with Crippen LogP contribution in [-0.4, -0.2) is 46.2 Å². The zero-order chi connectivity index (χ0) is 15.4. The summed E-state index contributed by atoms with van der Waals surface area (Å²) >= 11 is 0. The van der Waals surface area contributed by atoms with Crippen LogP contribution < -0.4 is 5.32 Å². The lowest BCUT2D eigenvalue weighted by atomic mass is 10.1. The number of urea groups is 1. The molecule has 1 unspecified atom stereocenters. The van der Waals surface area contributed by atoms with Crippen LogP contribution in [0.3, 0.4) is 0 Å². The minimum atomic E-state index is -1.07. The van der Waals surface area contributed by atoms with E-state index in [1.807, 2.05) is 0 Å². The minimum absolute atomic E-state index is 0.126. The van der Waals surface area contributed by atoms with Crippen molar-refractivity contribution in [1.82, 2.24) is 10.2 Å². The van der Waals surface area contributed by atoms with Gasteiger partial charge in [-0.1, -0.05) is 19.1 Å². The SMILES string of the molecule is CC1CCN(C(=O)N[C@@H](Cc2ccc(O)cc2)C(=O)O)C1. The smallest absolute Gasteiger partial charge is 0.326 e. The van der Waals surface area contributed by atoms with Gasteiger partial charge in [-0.15, -0.1) is 0 Å². The number of hydrogen-bond donors (Lipinski definition) is 3. The Kier molecular flexibility index (Phi) is 4.67. The number of amides is 2. The number of rotatable bonds is 4. The predicted molar refractivity (Wildman–Crippen MR) is 77.1 cm³/mol. The molecular weight excluding hydrogens is 272 g/mol. The Labute approximate surface area is 123 Å². The molecule has 2 rings (SSSR count). The summed E-state index contributed by atoms with van der Waals surface area (Å²) in [5.74, 6) is -0.486. The van der Waals surface area contributed by atoms with Gasteiger partial charge >= 0.3 is 12.0 Å². The number of carbonyl (C=O) groups excluding carboxylic acids is 1. The van der Waals surface area contributed by atoms with Crippen molar-refractivity contribution in [2.24, 2.45) is 5.92 Å². The maximum atomic E-state index is 12.1. The van der Waals surface area contributed by atoms with Gasteiger partial charge in [0.05, 0.1) is 0 Å². The second-order valence-corrected chi connectivity index (χ2v) is 5.55. The predicted octanol–water partition coefficient (Wildman–Crippen LogP) is 1.44. The number of phenols is 1. The third-order valence-corrected chi connectivity index (χ3v) is 3.68. The zero-order valence-electron chi connectivity index (χ0n) is 12.0. The monoisotopic (exact) mass is 292 g/mol. The highest BCUT2D eigenvalue weighted by molar-refractivity contribution is 5.83. The van der Waals surface area contributed by atoms with Gasteiger partial charge in [0, 0.05) is 19.5 Å². The van der Waals surface area contributed by atoms with Gasteiger partial charge in [-0.25, -0.2) is 9.59 Å². The van der Waals surface area contributed by atoms with E-state index in [0.717, 1.165) is 12.0 Å². The molecule has 6 nitrogen and oxygen atoms in total. The molecule has 1 heterocycles. The number of hydrogen-bond acceptors (Lipinski definition) is 3. The van der Waals surface area contributed by atoms with Crippen LogP contribution in [0.25, 0.3) is 0 Å². The van der Waals surface area contributed by atoms with E-state index in [4.69, 9.17) is 0 Å². The summed E-state index contributed by atoms with van der Waals surface area (Å²) < 4.78 is 0. The van der Waals surface area contributed by atoms with Gasteiger partial charge in [0.25, 0.3) is 0 Å². The van der Waals surface area contributed by atoms with Crippen LogP contribution in [-0.2, 0) is 11.2 Å². The highest BCUT2D eigenvalue weighted by Crippen LogP contribution is 2.15. The van der Waals surface area contributed by atoms with Gasteiger partial charge in [0.2, 0.25) is 0 Å². The highest BCUT2D eigenvalue weighted by atomic mass is 16.4. The quantitative estimate of drug-likeness (QED) is 0.783. The Bertz CT molecular complexity index is 515. The molecule has 0 aliphatic carbocycles. The van der Waals surface area contributed by atoms with E-state index in [0.29, 0.717) is 19.0 Å². The summed E-state index contributed by atoms with van der Waals surface area (Å²) in [6.07, 6.45) is 1.13. The highest BCUT2D eigenvalue weighted by Gasteiger charge is 2.27. The van der Waals surface area contributed by atoms with Crippen molar-refractivity contribution in [2.75, 3.05) is 13.1 Å². The molecular formula is C15H20N2O4. The summed E-state index contributed by atoms with van der Waals surface area (Å²) in [5, 5.41) is 21.0. The number of benzene rings is 1. The second kappa shape index (κ2) is 6.47. The van der Waals surface area contributed by atoms with Crippen molar-refractivity contribution in [1.29, 1.82) is 0 Å². The summed E-state index contributed by atoms with van der Waals surface area (Å²) in [6, 6.07) is 4.99. The lowest BCUT2D eigenvalue weighted by Crippen LogP contribution is -2.48.